The third-order valence-corrected chi connectivity index (χ3v) is 3.83. The second-order valence-electron chi connectivity index (χ2n) is 6.00. The summed E-state index contributed by atoms with van der Waals surface area (Å²) < 4.78 is 5.13. The number of rotatable bonds is 6. The zero-order valence-electron chi connectivity index (χ0n) is 15.5. The number of benzene rings is 2. The standard InChI is InChI=1S/C21H20N4O3/c1-14(26)23-16-6-8-17(9-7-16)24-18-10-11-20(22-13-18)25-21(27)15-4-3-5-19(12-15)28-2/h3-13,24H,1-2H3,(H,23,26)(H,22,25,27). The van der Waals surface area contributed by atoms with Crippen LogP contribution in [0.15, 0.2) is 66.9 Å². The molecule has 0 aliphatic rings. The van der Waals surface area contributed by atoms with E-state index >= 15 is 0 Å². The molecule has 0 fully saturated rings. The summed E-state index contributed by atoms with van der Waals surface area (Å²) >= 11 is 0. The third-order valence-electron chi connectivity index (χ3n) is 3.83. The topological polar surface area (TPSA) is 92.4 Å². The number of hydrogen-bond acceptors (Lipinski definition) is 5. The lowest BCUT2D eigenvalue weighted by Crippen LogP contribution is -2.12. The van der Waals surface area contributed by atoms with Crippen LogP contribution in [-0.4, -0.2) is 23.9 Å². The van der Waals surface area contributed by atoms with Gasteiger partial charge < -0.3 is 20.7 Å². The molecule has 0 saturated heterocycles. The Bertz CT molecular complexity index is 970. The molecule has 3 rings (SSSR count). The summed E-state index contributed by atoms with van der Waals surface area (Å²) in [6.07, 6.45) is 1.63. The SMILES string of the molecule is COc1cccc(C(=O)Nc2ccc(Nc3ccc(NC(C)=O)cc3)cn2)c1. The molecule has 0 aliphatic carbocycles. The fourth-order valence-electron chi connectivity index (χ4n) is 2.50. The van der Waals surface area contributed by atoms with E-state index in [-0.39, 0.29) is 11.8 Å². The van der Waals surface area contributed by atoms with Gasteiger partial charge in [0.05, 0.1) is 19.0 Å². The minimum atomic E-state index is -0.263. The molecule has 1 heterocycles. The van der Waals surface area contributed by atoms with Crippen LogP contribution in [0.25, 0.3) is 0 Å². The van der Waals surface area contributed by atoms with Crippen molar-refractivity contribution < 1.29 is 14.3 Å². The van der Waals surface area contributed by atoms with E-state index in [0.717, 1.165) is 17.1 Å². The van der Waals surface area contributed by atoms with Gasteiger partial charge in [0, 0.05) is 23.9 Å². The van der Waals surface area contributed by atoms with E-state index in [1.807, 2.05) is 18.2 Å². The zero-order valence-corrected chi connectivity index (χ0v) is 15.5. The van der Waals surface area contributed by atoms with Crippen LogP contribution in [0, 0.1) is 0 Å². The van der Waals surface area contributed by atoms with Crippen LogP contribution >= 0.6 is 0 Å². The van der Waals surface area contributed by atoms with Crippen LogP contribution in [0.5, 0.6) is 5.75 Å². The second-order valence-corrected chi connectivity index (χ2v) is 6.00. The molecular formula is C21H20N4O3. The monoisotopic (exact) mass is 376 g/mol. The van der Waals surface area contributed by atoms with Crippen molar-refractivity contribution >= 4 is 34.7 Å². The number of ether oxygens (including phenoxy) is 1. The Morgan fingerprint density at radius 3 is 2.25 bits per heavy atom. The number of hydrogen-bond donors (Lipinski definition) is 3. The lowest BCUT2D eigenvalue weighted by atomic mass is 10.2. The number of methoxy groups -OCH3 is 1. The Balaban J connectivity index is 1.61. The Morgan fingerprint density at radius 1 is 0.893 bits per heavy atom. The zero-order chi connectivity index (χ0) is 19.9. The van der Waals surface area contributed by atoms with Crippen LogP contribution in [0.3, 0.4) is 0 Å². The average molecular weight is 376 g/mol. The number of carbonyl (C=O) groups is 2. The molecule has 0 radical (unpaired) electrons. The summed E-state index contributed by atoms with van der Waals surface area (Å²) in [5, 5.41) is 8.67. The molecule has 142 valence electrons. The number of nitrogens with one attached hydrogen (secondary N) is 3. The smallest absolute Gasteiger partial charge is 0.256 e. The van der Waals surface area contributed by atoms with Gasteiger partial charge in [-0.25, -0.2) is 4.98 Å². The van der Waals surface area contributed by atoms with Crippen LogP contribution in [0.2, 0.25) is 0 Å². The van der Waals surface area contributed by atoms with E-state index in [2.05, 4.69) is 20.9 Å². The highest BCUT2D eigenvalue weighted by molar-refractivity contribution is 6.04. The van der Waals surface area contributed by atoms with Crippen LogP contribution < -0.4 is 20.7 Å². The van der Waals surface area contributed by atoms with Gasteiger partial charge in [-0.05, 0) is 54.6 Å². The molecule has 1 aromatic heterocycles. The second kappa shape index (κ2) is 8.68. The minimum absolute atomic E-state index is 0.114. The number of nitrogens with zero attached hydrogens (tertiary/aromatic N) is 1. The lowest BCUT2D eigenvalue weighted by molar-refractivity contribution is -0.114. The first-order valence-electron chi connectivity index (χ1n) is 8.59. The molecule has 0 unspecified atom stereocenters. The first-order valence-corrected chi connectivity index (χ1v) is 8.59. The summed E-state index contributed by atoms with van der Waals surface area (Å²) in [4.78, 5) is 27.6. The minimum Gasteiger partial charge on any atom is -0.497 e. The van der Waals surface area contributed by atoms with E-state index in [4.69, 9.17) is 4.74 Å². The molecule has 7 nitrogen and oxygen atoms in total. The van der Waals surface area contributed by atoms with Crippen molar-refractivity contribution in [2.45, 2.75) is 6.92 Å². The predicted molar refractivity (Wildman–Crippen MR) is 109 cm³/mol. The molecule has 2 amide bonds. The van der Waals surface area contributed by atoms with Gasteiger partial charge >= 0.3 is 0 Å². The molecule has 2 aromatic carbocycles. The molecule has 0 aliphatic heterocycles. The van der Waals surface area contributed by atoms with E-state index in [9.17, 15) is 9.59 Å². The molecule has 0 spiro atoms. The third kappa shape index (κ3) is 5.07. The molecule has 7 heteroatoms. The van der Waals surface area contributed by atoms with E-state index in [1.165, 1.54) is 6.92 Å². The van der Waals surface area contributed by atoms with Gasteiger partial charge in [0.15, 0.2) is 0 Å². The highest BCUT2D eigenvalue weighted by Crippen LogP contribution is 2.20. The summed E-state index contributed by atoms with van der Waals surface area (Å²) in [7, 11) is 1.55. The van der Waals surface area contributed by atoms with Crippen molar-refractivity contribution in [2.75, 3.05) is 23.1 Å². The summed E-state index contributed by atoms with van der Waals surface area (Å²) in [5.41, 5.74) is 2.84. The van der Waals surface area contributed by atoms with E-state index < -0.39 is 0 Å². The van der Waals surface area contributed by atoms with Crippen LogP contribution in [-0.2, 0) is 4.79 Å². The maximum atomic E-state index is 12.3. The van der Waals surface area contributed by atoms with Crippen molar-refractivity contribution in [3.05, 3.63) is 72.4 Å². The molecular weight excluding hydrogens is 356 g/mol. The molecule has 0 atom stereocenters. The number of pyridine rings is 1. The Morgan fingerprint density at radius 2 is 1.61 bits per heavy atom. The molecule has 3 aromatic rings. The van der Waals surface area contributed by atoms with E-state index in [0.29, 0.717) is 17.1 Å². The van der Waals surface area contributed by atoms with E-state index in [1.54, 1.807) is 55.8 Å². The van der Waals surface area contributed by atoms with Gasteiger partial charge in [-0.3, -0.25) is 9.59 Å². The molecule has 3 N–H and O–H groups in total. The summed E-state index contributed by atoms with van der Waals surface area (Å²) in [6.45, 7) is 1.46. The lowest BCUT2D eigenvalue weighted by Gasteiger charge is -2.09. The van der Waals surface area contributed by atoms with Crippen molar-refractivity contribution in [1.29, 1.82) is 0 Å². The quantitative estimate of drug-likeness (QED) is 0.604. The first kappa shape index (κ1) is 18.9. The number of carbonyl (C=O) groups excluding carboxylic acids is 2. The van der Waals surface area contributed by atoms with Crippen LogP contribution in [0.1, 0.15) is 17.3 Å². The van der Waals surface area contributed by atoms with Gasteiger partial charge in [-0.1, -0.05) is 6.07 Å². The predicted octanol–water partition coefficient (Wildman–Crippen LogP) is 4.04. The molecule has 28 heavy (non-hydrogen) atoms. The normalized spacial score (nSPS) is 10.1. The first-order chi connectivity index (χ1) is 13.5. The number of anilines is 4. The Kier molecular flexibility index (Phi) is 5.86. The van der Waals surface area contributed by atoms with Crippen molar-refractivity contribution in [1.82, 2.24) is 4.98 Å². The highest BCUT2D eigenvalue weighted by Gasteiger charge is 2.08. The van der Waals surface area contributed by atoms with Crippen LogP contribution in [0.4, 0.5) is 22.9 Å². The Hall–Kier alpha value is -3.87. The van der Waals surface area contributed by atoms with Gasteiger partial charge in [0.1, 0.15) is 11.6 Å². The van der Waals surface area contributed by atoms with Crippen molar-refractivity contribution in [2.24, 2.45) is 0 Å². The van der Waals surface area contributed by atoms with Crippen molar-refractivity contribution in [3.63, 3.8) is 0 Å². The molecule has 0 saturated carbocycles. The van der Waals surface area contributed by atoms with Crippen molar-refractivity contribution in [3.8, 4) is 5.75 Å². The van der Waals surface area contributed by atoms with Gasteiger partial charge in [-0.2, -0.15) is 0 Å². The summed E-state index contributed by atoms with van der Waals surface area (Å²) in [6, 6.07) is 17.7. The average Bonchev–Trinajstić information content (AvgIpc) is 2.70. The fourth-order valence-corrected chi connectivity index (χ4v) is 2.50. The van der Waals surface area contributed by atoms with Gasteiger partial charge in [0.25, 0.3) is 5.91 Å². The largest absolute Gasteiger partial charge is 0.497 e. The van der Waals surface area contributed by atoms with Gasteiger partial charge in [-0.15, -0.1) is 0 Å². The van der Waals surface area contributed by atoms with Gasteiger partial charge in [0.2, 0.25) is 5.91 Å². The number of aromatic nitrogens is 1. The maximum absolute atomic E-state index is 12.3. The summed E-state index contributed by atoms with van der Waals surface area (Å²) in [5.74, 6) is 0.682. The highest BCUT2D eigenvalue weighted by atomic mass is 16.5. The fraction of sp³-hybridized carbons (Fsp3) is 0.0952. The number of amides is 2. The molecule has 0 bridgehead atoms. The maximum Gasteiger partial charge on any atom is 0.256 e. The Labute approximate surface area is 162 Å².